The molecule has 22 heavy (non-hydrogen) atoms. The van der Waals surface area contributed by atoms with Crippen LogP contribution < -0.4 is 5.56 Å². The van der Waals surface area contributed by atoms with Crippen molar-refractivity contribution in [3.05, 3.63) is 51.0 Å². The van der Waals surface area contributed by atoms with Gasteiger partial charge in [0.25, 0.3) is 5.56 Å². The van der Waals surface area contributed by atoms with Crippen molar-refractivity contribution >= 4 is 28.4 Å². The van der Waals surface area contributed by atoms with Gasteiger partial charge in [0.2, 0.25) is 0 Å². The Balaban J connectivity index is 1.79. The Morgan fingerprint density at radius 1 is 1.36 bits per heavy atom. The van der Waals surface area contributed by atoms with Crippen LogP contribution in [0.15, 0.2) is 29.1 Å². The van der Waals surface area contributed by atoms with Crippen molar-refractivity contribution in [1.82, 2.24) is 19.6 Å². The lowest BCUT2D eigenvalue weighted by Crippen LogP contribution is -2.14. The third kappa shape index (κ3) is 2.73. The Kier molecular flexibility index (Phi) is 3.92. The number of esters is 1. The molecule has 0 aliphatic rings. The van der Waals surface area contributed by atoms with Crippen LogP contribution in [-0.4, -0.2) is 25.5 Å². The fourth-order valence-corrected chi connectivity index (χ4v) is 2.64. The van der Waals surface area contributed by atoms with Crippen LogP contribution in [0.25, 0.3) is 10.9 Å². The van der Waals surface area contributed by atoms with Crippen molar-refractivity contribution in [1.29, 1.82) is 0 Å². The summed E-state index contributed by atoms with van der Waals surface area (Å²) in [5, 5.41) is 4.36. The molecule has 0 atom stereocenters. The van der Waals surface area contributed by atoms with Crippen LogP contribution in [0.5, 0.6) is 0 Å². The van der Waals surface area contributed by atoms with Crippen LogP contribution in [0.2, 0.25) is 0 Å². The second-order valence-corrected chi connectivity index (χ2v) is 5.26. The highest BCUT2D eigenvalue weighted by atomic mass is 32.1. The summed E-state index contributed by atoms with van der Waals surface area (Å²) in [6.45, 7) is 1.77. The topological polar surface area (TPSA) is 97.8 Å². The highest BCUT2D eigenvalue weighted by Gasteiger charge is 2.17. The number of hydrogen-bond donors (Lipinski definition) is 1. The van der Waals surface area contributed by atoms with Gasteiger partial charge in [-0.15, -0.1) is 5.10 Å². The van der Waals surface area contributed by atoms with Crippen molar-refractivity contribution in [2.75, 3.05) is 0 Å². The molecule has 0 amide bonds. The minimum Gasteiger partial charge on any atom is -0.453 e. The van der Waals surface area contributed by atoms with Crippen molar-refractivity contribution < 1.29 is 9.53 Å². The average molecular weight is 316 g/mol. The van der Waals surface area contributed by atoms with Gasteiger partial charge in [-0.05, 0) is 30.1 Å². The molecule has 0 bridgehead atoms. The minimum absolute atomic E-state index is 0.111. The molecular weight excluding hydrogens is 304 g/mol. The van der Waals surface area contributed by atoms with E-state index < -0.39 is 5.97 Å². The number of carbonyl (C=O) groups excluding carboxylic acids is 1. The molecule has 1 aromatic carbocycles. The van der Waals surface area contributed by atoms with E-state index in [1.54, 1.807) is 24.3 Å². The number of aromatic amines is 1. The van der Waals surface area contributed by atoms with Gasteiger partial charge in [-0.1, -0.05) is 23.5 Å². The fourth-order valence-electron chi connectivity index (χ4n) is 2.00. The second kappa shape index (κ2) is 6.02. The molecule has 2 heterocycles. The number of hydrogen-bond acceptors (Lipinski definition) is 7. The van der Waals surface area contributed by atoms with Crippen molar-refractivity contribution in [2.45, 2.75) is 20.0 Å². The molecular formula is C14H12N4O3S. The number of carbonyl (C=O) groups is 1. The van der Waals surface area contributed by atoms with E-state index in [2.05, 4.69) is 19.6 Å². The molecule has 0 saturated heterocycles. The number of benzene rings is 1. The van der Waals surface area contributed by atoms with Gasteiger partial charge in [0.15, 0.2) is 4.88 Å². The number of rotatable bonds is 4. The van der Waals surface area contributed by atoms with Crippen LogP contribution in [0.4, 0.5) is 0 Å². The molecule has 0 aliphatic heterocycles. The van der Waals surface area contributed by atoms with Gasteiger partial charge in [0, 0.05) is 0 Å². The monoisotopic (exact) mass is 316 g/mol. The Morgan fingerprint density at radius 2 is 2.18 bits per heavy atom. The number of nitrogens with one attached hydrogen (secondary N) is 1. The summed E-state index contributed by atoms with van der Waals surface area (Å²) in [6, 6.07) is 6.98. The van der Waals surface area contributed by atoms with E-state index >= 15 is 0 Å². The first-order valence-corrected chi connectivity index (χ1v) is 7.42. The Labute approximate surface area is 129 Å². The van der Waals surface area contributed by atoms with Gasteiger partial charge >= 0.3 is 5.97 Å². The molecule has 0 aliphatic carbocycles. The van der Waals surface area contributed by atoms with Gasteiger partial charge in [0.1, 0.15) is 12.4 Å². The molecule has 7 nitrogen and oxygen atoms in total. The van der Waals surface area contributed by atoms with E-state index in [4.69, 9.17) is 4.74 Å². The molecule has 0 unspecified atom stereocenters. The van der Waals surface area contributed by atoms with E-state index in [-0.39, 0.29) is 12.2 Å². The SMILES string of the molecule is CCc1nnsc1C(=O)OCc1nc2ccccc2c(=O)[nH]1. The van der Waals surface area contributed by atoms with Crippen LogP contribution in [-0.2, 0) is 17.8 Å². The summed E-state index contributed by atoms with van der Waals surface area (Å²) in [5.74, 6) is -0.213. The summed E-state index contributed by atoms with van der Waals surface area (Å²) < 4.78 is 8.92. The van der Waals surface area contributed by atoms with E-state index in [9.17, 15) is 9.59 Å². The first-order valence-electron chi connectivity index (χ1n) is 6.65. The fraction of sp³-hybridized carbons (Fsp3) is 0.214. The second-order valence-electron chi connectivity index (χ2n) is 4.51. The summed E-state index contributed by atoms with van der Waals surface area (Å²) in [4.78, 5) is 31.2. The van der Waals surface area contributed by atoms with E-state index in [1.165, 1.54) is 0 Å². The summed E-state index contributed by atoms with van der Waals surface area (Å²) in [5.41, 5.74) is 0.909. The molecule has 0 fully saturated rings. The Bertz CT molecular complexity index is 887. The Hall–Kier alpha value is -2.61. The van der Waals surface area contributed by atoms with Crippen molar-refractivity contribution in [3.63, 3.8) is 0 Å². The summed E-state index contributed by atoms with van der Waals surface area (Å²) in [7, 11) is 0. The van der Waals surface area contributed by atoms with Crippen LogP contribution in [0.3, 0.4) is 0 Å². The van der Waals surface area contributed by atoms with E-state index in [0.29, 0.717) is 33.7 Å². The Morgan fingerprint density at radius 3 is 3.00 bits per heavy atom. The quantitative estimate of drug-likeness (QED) is 0.736. The van der Waals surface area contributed by atoms with Crippen LogP contribution in [0, 0.1) is 0 Å². The van der Waals surface area contributed by atoms with Crippen LogP contribution in [0.1, 0.15) is 28.1 Å². The molecule has 0 saturated carbocycles. The largest absolute Gasteiger partial charge is 0.453 e. The smallest absolute Gasteiger partial charge is 0.352 e. The highest BCUT2D eigenvalue weighted by Crippen LogP contribution is 2.13. The molecule has 112 valence electrons. The number of nitrogens with zero attached hydrogens (tertiary/aromatic N) is 3. The van der Waals surface area contributed by atoms with Crippen molar-refractivity contribution in [2.24, 2.45) is 0 Å². The molecule has 1 N–H and O–H groups in total. The normalized spacial score (nSPS) is 10.8. The molecule has 2 aromatic heterocycles. The zero-order valence-corrected chi connectivity index (χ0v) is 12.5. The summed E-state index contributed by atoms with van der Waals surface area (Å²) >= 11 is 0.995. The van der Waals surface area contributed by atoms with Crippen molar-refractivity contribution in [3.8, 4) is 0 Å². The van der Waals surface area contributed by atoms with Gasteiger partial charge in [-0.2, -0.15) is 0 Å². The predicted octanol–water partition coefficient (Wildman–Crippen LogP) is 1.69. The van der Waals surface area contributed by atoms with Gasteiger partial charge in [0.05, 0.1) is 16.6 Å². The van der Waals surface area contributed by atoms with Crippen LogP contribution >= 0.6 is 11.5 Å². The lowest BCUT2D eigenvalue weighted by molar-refractivity contribution is 0.0466. The average Bonchev–Trinajstić information content (AvgIpc) is 3.01. The van der Waals surface area contributed by atoms with Gasteiger partial charge in [-0.25, -0.2) is 9.78 Å². The molecule has 8 heteroatoms. The molecule has 3 aromatic rings. The standard InChI is InChI=1S/C14H12N4O3S/c1-2-9-12(22-18-17-9)14(20)21-7-11-15-10-6-4-3-5-8(10)13(19)16-11/h3-6H,2,7H2,1H3,(H,15,16,19). The van der Waals surface area contributed by atoms with Gasteiger partial charge < -0.3 is 9.72 Å². The molecule has 0 radical (unpaired) electrons. The lowest BCUT2D eigenvalue weighted by Gasteiger charge is -2.04. The lowest BCUT2D eigenvalue weighted by atomic mass is 10.2. The maximum absolute atomic E-state index is 12.0. The van der Waals surface area contributed by atoms with Gasteiger partial charge in [-0.3, -0.25) is 4.79 Å². The molecule has 3 rings (SSSR count). The number of ether oxygens (including phenoxy) is 1. The zero-order chi connectivity index (χ0) is 15.5. The number of aryl methyl sites for hydroxylation is 1. The number of fused-ring (bicyclic) bond motifs is 1. The first kappa shape index (κ1) is 14.3. The zero-order valence-electron chi connectivity index (χ0n) is 11.7. The number of para-hydroxylation sites is 1. The molecule has 0 spiro atoms. The first-order chi connectivity index (χ1) is 10.7. The minimum atomic E-state index is -0.511. The third-order valence-electron chi connectivity index (χ3n) is 3.08. The highest BCUT2D eigenvalue weighted by molar-refractivity contribution is 7.07. The number of H-pyrrole nitrogens is 1. The number of aromatic nitrogens is 4. The maximum atomic E-state index is 12.0. The summed E-state index contributed by atoms with van der Waals surface area (Å²) in [6.07, 6.45) is 0.603. The third-order valence-corrected chi connectivity index (χ3v) is 3.83. The van der Waals surface area contributed by atoms with E-state index in [0.717, 1.165) is 11.5 Å². The predicted molar refractivity (Wildman–Crippen MR) is 80.8 cm³/mol. The van der Waals surface area contributed by atoms with E-state index in [1.807, 2.05) is 6.92 Å². The maximum Gasteiger partial charge on any atom is 0.352 e.